The van der Waals surface area contributed by atoms with Gasteiger partial charge in [-0.3, -0.25) is 0 Å². The van der Waals surface area contributed by atoms with E-state index in [1.54, 1.807) is 11.3 Å². The molecule has 1 aromatic carbocycles. The van der Waals surface area contributed by atoms with E-state index in [9.17, 15) is 0 Å². The van der Waals surface area contributed by atoms with Crippen molar-refractivity contribution in [3.8, 4) is 5.75 Å². The van der Waals surface area contributed by atoms with E-state index in [0.29, 0.717) is 0 Å². The Kier molecular flexibility index (Phi) is 4.96. The van der Waals surface area contributed by atoms with Gasteiger partial charge in [0.05, 0.1) is 6.61 Å². The molecule has 0 aliphatic heterocycles. The summed E-state index contributed by atoms with van der Waals surface area (Å²) in [5.41, 5.74) is 7.00. The van der Waals surface area contributed by atoms with Crippen molar-refractivity contribution in [2.75, 3.05) is 0 Å². The normalized spacial score (nSPS) is 14.1. The number of aliphatic hydroxyl groups is 1. The van der Waals surface area contributed by atoms with Gasteiger partial charge in [-0.1, -0.05) is 25.1 Å². The van der Waals surface area contributed by atoms with Gasteiger partial charge in [-0.15, -0.1) is 11.3 Å². The van der Waals surface area contributed by atoms with Crippen LogP contribution < -0.4 is 10.5 Å². The molecule has 0 saturated carbocycles. The standard InChI is InChI=1S/C15H19NO2S/c1-2-13(16)15(14-7-4-8-19-14)18-12-6-3-5-11(9-12)10-17/h3-9,13,15,17H,2,10,16H2,1H3. The molecule has 0 amide bonds. The van der Waals surface area contributed by atoms with Gasteiger partial charge in [-0.25, -0.2) is 0 Å². The fraction of sp³-hybridized carbons (Fsp3) is 0.333. The van der Waals surface area contributed by atoms with Gasteiger partial charge in [-0.05, 0) is 35.6 Å². The lowest BCUT2D eigenvalue weighted by molar-refractivity contribution is 0.174. The Morgan fingerprint density at radius 3 is 2.79 bits per heavy atom. The Balaban J connectivity index is 2.20. The van der Waals surface area contributed by atoms with Gasteiger partial charge in [0, 0.05) is 10.9 Å². The van der Waals surface area contributed by atoms with Crippen LogP contribution in [0.5, 0.6) is 5.75 Å². The molecule has 1 aromatic heterocycles. The number of nitrogens with two attached hydrogens (primary N) is 1. The van der Waals surface area contributed by atoms with Crippen molar-refractivity contribution in [1.82, 2.24) is 0 Å². The minimum Gasteiger partial charge on any atom is -0.483 e. The monoisotopic (exact) mass is 277 g/mol. The van der Waals surface area contributed by atoms with Crippen LogP contribution in [0.3, 0.4) is 0 Å². The Morgan fingerprint density at radius 2 is 2.16 bits per heavy atom. The van der Waals surface area contributed by atoms with E-state index >= 15 is 0 Å². The average Bonchev–Trinajstić information content (AvgIpc) is 2.98. The Bertz CT molecular complexity index is 499. The number of thiophene rings is 1. The van der Waals surface area contributed by atoms with Crippen LogP contribution in [0.25, 0.3) is 0 Å². The lowest BCUT2D eigenvalue weighted by Crippen LogP contribution is -2.30. The lowest BCUT2D eigenvalue weighted by Gasteiger charge is -2.23. The van der Waals surface area contributed by atoms with Gasteiger partial charge < -0.3 is 15.6 Å². The first kappa shape index (κ1) is 14.1. The summed E-state index contributed by atoms with van der Waals surface area (Å²) in [6.07, 6.45) is 0.710. The van der Waals surface area contributed by atoms with Gasteiger partial charge in [0.2, 0.25) is 0 Å². The molecule has 102 valence electrons. The third-order valence-corrected chi connectivity index (χ3v) is 3.96. The summed E-state index contributed by atoms with van der Waals surface area (Å²) in [6.45, 7) is 2.07. The quantitative estimate of drug-likeness (QED) is 0.853. The molecule has 0 aliphatic carbocycles. The molecule has 0 aliphatic rings. The van der Waals surface area contributed by atoms with Crippen molar-refractivity contribution in [3.05, 3.63) is 52.2 Å². The summed E-state index contributed by atoms with van der Waals surface area (Å²) in [5.74, 6) is 0.744. The van der Waals surface area contributed by atoms with E-state index in [4.69, 9.17) is 15.6 Å². The summed E-state index contributed by atoms with van der Waals surface area (Å²) in [5, 5.41) is 11.2. The first-order chi connectivity index (χ1) is 9.24. The van der Waals surface area contributed by atoms with Gasteiger partial charge >= 0.3 is 0 Å². The molecule has 19 heavy (non-hydrogen) atoms. The van der Waals surface area contributed by atoms with Gasteiger partial charge in [0.15, 0.2) is 0 Å². The average molecular weight is 277 g/mol. The number of ether oxygens (including phenoxy) is 1. The fourth-order valence-corrected chi connectivity index (χ4v) is 2.72. The van der Waals surface area contributed by atoms with Crippen molar-refractivity contribution in [2.24, 2.45) is 5.73 Å². The molecule has 4 heteroatoms. The van der Waals surface area contributed by atoms with Crippen LogP contribution >= 0.6 is 11.3 Å². The van der Waals surface area contributed by atoms with E-state index in [0.717, 1.165) is 22.6 Å². The van der Waals surface area contributed by atoms with Crippen LogP contribution in [-0.4, -0.2) is 11.1 Å². The largest absolute Gasteiger partial charge is 0.483 e. The molecule has 0 spiro atoms. The summed E-state index contributed by atoms with van der Waals surface area (Å²) >= 11 is 1.65. The molecule has 2 atom stereocenters. The second kappa shape index (κ2) is 6.70. The summed E-state index contributed by atoms with van der Waals surface area (Å²) in [7, 11) is 0. The molecule has 0 fully saturated rings. The van der Waals surface area contributed by atoms with Gasteiger partial charge in [0.25, 0.3) is 0 Å². The van der Waals surface area contributed by atoms with Gasteiger partial charge in [-0.2, -0.15) is 0 Å². The fourth-order valence-electron chi connectivity index (χ4n) is 1.89. The maximum atomic E-state index is 9.16. The van der Waals surface area contributed by atoms with Crippen LogP contribution in [0.1, 0.15) is 29.9 Å². The Labute approximate surface area is 117 Å². The minimum atomic E-state index is -0.140. The zero-order valence-corrected chi connectivity index (χ0v) is 11.8. The SMILES string of the molecule is CCC(N)C(Oc1cccc(CO)c1)c1cccs1. The third kappa shape index (κ3) is 3.56. The number of rotatable bonds is 6. The van der Waals surface area contributed by atoms with Crippen LogP contribution in [-0.2, 0) is 6.61 Å². The molecule has 0 saturated heterocycles. The van der Waals surface area contributed by atoms with Crippen molar-refractivity contribution < 1.29 is 9.84 Å². The highest BCUT2D eigenvalue weighted by atomic mass is 32.1. The first-order valence-corrected chi connectivity index (χ1v) is 7.28. The number of aliphatic hydroxyl groups excluding tert-OH is 1. The third-order valence-electron chi connectivity index (χ3n) is 3.03. The van der Waals surface area contributed by atoms with Crippen molar-refractivity contribution in [2.45, 2.75) is 32.1 Å². The Hall–Kier alpha value is -1.36. The summed E-state index contributed by atoms with van der Waals surface area (Å²) < 4.78 is 6.03. The second-order valence-corrected chi connectivity index (χ2v) is 5.41. The van der Waals surface area contributed by atoms with Crippen molar-refractivity contribution in [3.63, 3.8) is 0 Å². The maximum absolute atomic E-state index is 9.16. The molecular formula is C15H19NO2S. The Morgan fingerprint density at radius 1 is 1.32 bits per heavy atom. The minimum absolute atomic E-state index is 0.0146. The molecule has 0 radical (unpaired) electrons. The van der Waals surface area contributed by atoms with Crippen LogP contribution in [0.2, 0.25) is 0 Å². The lowest BCUT2D eigenvalue weighted by atomic mass is 10.1. The van der Waals surface area contributed by atoms with E-state index in [2.05, 4.69) is 6.92 Å². The highest BCUT2D eigenvalue weighted by molar-refractivity contribution is 7.10. The summed E-state index contributed by atoms with van der Waals surface area (Å²) in [4.78, 5) is 1.13. The zero-order chi connectivity index (χ0) is 13.7. The smallest absolute Gasteiger partial charge is 0.148 e. The number of hydrogen-bond acceptors (Lipinski definition) is 4. The maximum Gasteiger partial charge on any atom is 0.148 e. The van der Waals surface area contributed by atoms with E-state index < -0.39 is 0 Å². The molecular weight excluding hydrogens is 258 g/mol. The molecule has 2 rings (SSSR count). The van der Waals surface area contributed by atoms with E-state index in [-0.39, 0.29) is 18.8 Å². The predicted molar refractivity (Wildman–Crippen MR) is 78.3 cm³/mol. The van der Waals surface area contributed by atoms with Crippen LogP contribution in [0, 0.1) is 0 Å². The number of hydrogen-bond donors (Lipinski definition) is 2. The molecule has 1 heterocycles. The van der Waals surface area contributed by atoms with Gasteiger partial charge in [0.1, 0.15) is 11.9 Å². The molecule has 3 nitrogen and oxygen atoms in total. The molecule has 2 unspecified atom stereocenters. The van der Waals surface area contributed by atoms with Crippen LogP contribution in [0.4, 0.5) is 0 Å². The molecule has 3 N–H and O–H groups in total. The van der Waals surface area contributed by atoms with E-state index in [1.807, 2.05) is 41.8 Å². The second-order valence-electron chi connectivity index (χ2n) is 4.43. The first-order valence-electron chi connectivity index (χ1n) is 6.40. The zero-order valence-electron chi connectivity index (χ0n) is 11.0. The van der Waals surface area contributed by atoms with Crippen LogP contribution in [0.15, 0.2) is 41.8 Å². The highest BCUT2D eigenvalue weighted by Crippen LogP contribution is 2.29. The van der Waals surface area contributed by atoms with Crippen molar-refractivity contribution in [1.29, 1.82) is 0 Å². The predicted octanol–water partition coefficient (Wildman–Crippen LogP) is 3.10. The highest BCUT2D eigenvalue weighted by Gasteiger charge is 2.21. The number of benzene rings is 1. The van der Waals surface area contributed by atoms with Crippen molar-refractivity contribution >= 4 is 11.3 Å². The molecule has 0 bridgehead atoms. The molecule has 2 aromatic rings. The topological polar surface area (TPSA) is 55.5 Å². The van der Waals surface area contributed by atoms with E-state index in [1.165, 1.54) is 0 Å². The summed E-state index contributed by atoms with van der Waals surface area (Å²) in [6, 6.07) is 11.5.